The fourth-order valence-corrected chi connectivity index (χ4v) is 3.69. The summed E-state index contributed by atoms with van der Waals surface area (Å²) in [7, 11) is 0. The zero-order valence-corrected chi connectivity index (χ0v) is 12.3. The number of hydrogen-bond donors (Lipinski definition) is 1. The highest BCUT2D eigenvalue weighted by molar-refractivity contribution is 5.66. The van der Waals surface area contributed by atoms with E-state index in [2.05, 4.69) is 19.1 Å². The SMILES string of the molecule is CC(=O)O[C@@H]1C=CC(O)O[C@@H]1[C@H]1[C@@H](C)[C@@H]2CC=CC[C@H]1O2. The number of aliphatic hydroxyl groups excluding tert-OH is 1. The minimum absolute atomic E-state index is 0.0468. The highest BCUT2D eigenvalue weighted by Gasteiger charge is 2.49. The van der Waals surface area contributed by atoms with Crippen molar-refractivity contribution in [3.63, 3.8) is 0 Å². The van der Waals surface area contributed by atoms with Crippen LogP contribution in [0.1, 0.15) is 26.7 Å². The molecule has 0 aromatic carbocycles. The number of carbonyl (C=O) groups is 1. The van der Waals surface area contributed by atoms with Crippen LogP contribution in [-0.2, 0) is 19.0 Å². The number of ether oxygens (including phenoxy) is 3. The van der Waals surface area contributed by atoms with E-state index in [-0.39, 0.29) is 30.2 Å². The summed E-state index contributed by atoms with van der Waals surface area (Å²) < 4.78 is 17.1. The van der Waals surface area contributed by atoms with Crippen LogP contribution in [0.2, 0.25) is 0 Å². The van der Waals surface area contributed by atoms with E-state index in [0.29, 0.717) is 5.92 Å². The lowest BCUT2D eigenvalue weighted by atomic mass is 9.78. The Hall–Kier alpha value is -1.17. The minimum atomic E-state index is -0.952. The Morgan fingerprint density at radius 2 is 1.90 bits per heavy atom. The summed E-state index contributed by atoms with van der Waals surface area (Å²) in [5.41, 5.74) is 0. The average Bonchev–Trinajstić information content (AvgIpc) is 2.61. The van der Waals surface area contributed by atoms with Crippen molar-refractivity contribution in [2.24, 2.45) is 11.8 Å². The van der Waals surface area contributed by atoms with Crippen molar-refractivity contribution in [3.05, 3.63) is 24.3 Å². The molecule has 0 amide bonds. The van der Waals surface area contributed by atoms with Gasteiger partial charge in [-0.05, 0) is 30.9 Å². The Balaban J connectivity index is 1.84. The topological polar surface area (TPSA) is 65.0 Å². The molecule has 21 heavy (non-hydrogen) atoms. The molecule has 116 valence electrons. The Bertz CT molecular complexity index is 458. The number of carbonyl (C=O) groups excluding carboxylic acids is 1. The van der Waals surface area contributed by atoms with E-state index in [9.17, 15) is 9.90 Å². The van der Waals surface area contributed by atoms with E-state index in [1.54, 1.807) is 6.08 Å². The van der Waals surface area contributed by atoms with Gasteiger partial charge in [0.2, 0.25) is 0 Å². The summed E-state index contributed by atoms with van der Waals surface area (Å²) in [6, 6.07) is 0. The molecule has 0 aliphatic carbocycles. The lowest BCUT2D eigenvalue weighted by Gasteiger charge is -2.37. The fourth-order valence-electron chi connectivity index (χ4n) is 3.69. The van der Waals surface area contributed by atoms with Gasteiger partial charge in [-0.3, -0.25) is 4.79 Å². The second-order valence-electron chi connectivity index (χ2n) is 6.04. The molecule has 0 saturated carbocycles. The van der Waals surface area contributed by atoms with E-state index < -0.39 is 12.4 Å². The summed E-state index contributed by atoms with van der Waals surface area (Å²) in [4.78, 5) is 11.3. The maximum Gasteiger partial charge on any atom is 0.303 e. The van der Waals surface area contributed by atoms with Crippen molar-refractivity contribution in [2.75, 3.05) is 0 Å². The van der Waals surface area contributed by atoms with Crippen LogP contribution in [0.4, 0.5) is 0 Å². The van der Waals surface area contributed by atoms with Crippen LogP contribution >= 0.6 is 0 Å². The largest absolute Gasteiger partial charge is 0.456 e. The molecule has 5 nitrogen and oxygen atoms in total. The average molecular weight is 294 g/mol. The first-order chi connectivity index (χ1) is 10.1. The zero-order chi connectivity index (χ0) is 15.0. The lowest BCUT2D eigenvalue weighted by Crippen LogP contribution is -2.47. The lowest BCUT2D eigenvalue weighted by molar-refractivity contribution is -0.187. The second-order valence-corrected chi connectivity index (χ2v) is 6.04. The summed E-state index contributed by atoms with van der Waals surface area (Å²) in [5.74, 6) is 0.0481. The maximum atomic E-state index is 11.3. The van der Waals surface area contributed by atoms with Crippen LogP contribution in [0.5, 0.6) is 0 Å². The monoisotopic (exact) mass is 294 g/mol. The first kappa shape index (κ1) is 14.8. The molecule has 3 aliphatic rings. The van der Waals surface area contributed by atoms with Crippen molar-refractivity contribution in [1.29, 1.82) is 0 Å². The molecule has 3 heterocycles. The summed E-state index contributed by atoms with van der Waals surface area (Å²) >= 11 is 0. The van der Waals surface area contributed by atoms with Crippen molar-refractivity contribution in [2.45, 2.75) is 57.4 Å². The molecule has 3 aliphatic heterocycles. The van der Waals surface area contributed by atoms with Crippen LogP contribution in [0.25, 0.3) is 0 Å². The summed E-state index contributed by atoms with van der Waals surface area (Å²) in [6.45, 7) is 3.53. The van der Waals surface area contributed by atoms with E-state index in [1.807, 2.05) is 0 Å². The number of rotatable bonds is 2. The Kier molecular flexibility index (Phi) is 4.15. The third-order valence-electron chi connectivity index (χ3n) is 4.64. The fraction of sp³-hybridized carbons (Fsp3) is 0.688. The standard InChI is InChI=1S/C16H22O5/c1-9-11-5-3-4-6-12(20-11)15(9)16-13(19-10(2)17)7-8-14(18)21-16/h3-4,7-9,11-16,18H,5-6H2,1-2H3/t9-,11-,12+,13+,14?,15-,16-/m0/s1. The molecular weight excluding hydrogens is 272 g/mol. The number of hydrogen-bond acceptors (Lipinski definition) is 5. The molecule has 0 aromatic heterocycles. The van der Waals surface area contributed by atoms with Gasteiger partial charge in [0.05, 0.1) is 12.2 Å². The Morgan fingerprint density at radius 3 is 2.62 bits per heavy atom. The molecule has 2 bridgehead atoms. The first-order valence-corrected chi connectivity index (χ1v) is 7.56. The molecule has 1 saturated heterocycles. The quantitative estimate of drug-likeness (QED) is 0.618. The van der Waals surface area contributed by atoms with Gasteiger partial charge in [0.15, 0.2) is 6.29 Å². The molecule has 1 unspecified atom stereocenters. The van der Waals surface area contributed by atoms with Gasteiger partial charge in [0, 0.05) is 12.8 Å². The first-order valence-electron chi connectivity index (χ1n) is 7.56. The van der Waals surface area contributed by atoms with E-state index in [0.717, 1.165) is 12.8 Å². The number of esters is 1. The summed E-state index contributed by atoms with van der Waals surface area (Å²) in [6.07, 6.45) is 7.70. The van der Waals surface area contributed by atoms with Gasteiger partial charge in [-0.15, -0.1) is 0 Å². The van der Waals surface area contributed by atoms with Gasteiger partial charge in [-0.2, -0.15) is 0 Å². The molecule has 0 aromatic rings. The van der Waals surface area contributed by atoms with Gasteiger partial charge >= 0.3 is 5.97 Å². The molecule has 1 fully saturated rings. The Labute approximate surface area is 124 Å². The van der Waals surface area contributed by atoms with Gasteiger partial charge in [0.1, 0.15) is 12.2 Å². The Morgan fingerprint density at radius 1 is 1.19 bits per heavy atom. The van der Waals surface area contributed by atoms with Crippen molar-refractivity contribution in [1.82, 2.24) is 0 Å². The van der Waals surface area contributed by atoms with Crippen molar-refractivity contribution < 1.29 is 24.1 Å². The third kappa shape index (κ3) is 2.91. The molecule has 5 heteroatoms. The zero-order valence-electron chi connectivity index (χ0n) is 12.3. The van der Waals surface area contributed by atoms with Gasteiger partial charge < -0.3 is 19.3 Å². The van der Waals surface area contributed by atoms with Crippen LogP contribution < -0.4 is 0 Å². The molecule has 0 radical (unpaired) electrons. The van der Waals surface area contributed by atoms with Crippen LogP contribution in [0.15, 0.2) is 24.3 Å². The number of aliphatic hydroxyl groups is 1. The second kappa shape index (κ2) is 5.91. The predicted octanol–water partition coefficient (Wildman–Crippen LogP) is 1.56. The van der Waals surface area contributed by atoms with Crippen molar-refractivity contribution in [3.8, 4) is 0 Å². The van der Waals surface area contributed by atoms with Gasteiger partial charge in [-0.1, -0.05) is 19.1 Å². The molecule has 1 N–H and O–H groups in total. The van der Waals surface area contributed by atoms with Crippen LogP contribution in [0, 0.1) is 11.8 Å². The van der Waals surface area contributed by atoms with Gasteiger partial charge in [0.25, 0.3) is 0 Å². The highest BCUT2D eigenvalue weighted by atomic mass is 16.6. The molecule has 0 spiro atoms. The van der Waals surface area contributed by atoms with E-state index in [1.165, 1.54) is 13.0 Å². The molecule has 7 atom stereocenters. The van der Waals surface area contributed by atoms with E-state index >= 15 is 0 Å². The molecular formula is C16H22O5. The minimum Gasteiger partial charge on any atom is -0.456 e. The molecule has 3 rings (SSSR count). The number of fused-ring (bicyclic) bond motifs is 2. The van der Waals surface area contributed by atoms with Crippen LogP contribution in [0.3, 0.4) is 0 Å². The maximum absolute atomic E-state index is 11.3. The van der Waals surface area contributed by atoms with E-state index in [4.69, 9.17) is 14.2 Å². The van der Waals surface area contributed by atoms with Gasteiger partial charge in [-0.25, -0.2) is 0 Å². The normalized spacial score (nSPS) is 45.4. The predicted molar refractivity (Wildman–Crippen MR) is 75.3 cm³/mol. The van der Waals surface area contributed by atoms with Crippen molar-refractivity contribution >= 4 is 5.97 Å². The third-order valence-corrected chi connectivity index (χ3v) is 4.64. The van der Waals surface area contributed by atoms with Crippen LogP contribution in [-0.4, -0.2) is 41.8 Å². The highest BCUT2D eigenvalue weighted by Crippen LogP contribution is 2.43. The summed E-state index contributed by atoms with van der Waals surface area (Å²) in [5, 5.41) is 9.77. The smallest absolute Gasteiger partial charge is 0.303 e.